The SMILES string of the molecule is O=S(=O)(CCc1ccc(OCc2ccccc2)cc1)c1ccccc1. The van der Waals surface area contributed by atoms with E-state index in [4.69, 9.17) is 4.74 Å². The van der Waals surface area contributed by atoms with Gasteiger partial charge in [0.2, 0.25) is 0 Å². The molecule has 0 saturated carbocycles. The molecule has 0 aliphatic heterocycles. The molecule has 0 saturated heterocycles. The van der Waals surface area contributed by atoms with Crippen molar-refractivity contribution in [1.29, 1.82) is 0 Å². The minimum atomic E-state index is -3.25. The normalized spacial score (nSPS) is 11.2. The van der Waals surface area contributed by atoms with E-state index in [1.807, 2.05) is 60.7 Å². The van der Waals surface area contributed by atoms with Crippen LogP contribution in [0.4, 0.5) is 0 Å². The first-order valence-corrected chi connectivity index (χ1v) is 9.82. The standard InChI is InChI=1S/C21H20O3S/c22-25(23,21-9-5-2-6-10-21)16-15-18-11-13-20(14-12-18)24-17-19-7-3-1-4-8-19/h1-14H,15-17H2. The Hall–Kier alpha value is -2.59. The van der Waals surface area contributed by atoms with Crippen LogP contribution in [0.25, 0.3) is 0 Å². The van der Waals surface area contributed by atoms with E-state index >= 15 is 0 Å². The van der Waals surface area contributed by atoms with Crippen molar-refractivity contribution in [2.75, 3.05) is 5.75 Å². The lowest BCUT2D eigenvalue weighted by atomic mass is 10.2. The number of hydrogen-bond acceptors (Lipinski definition) is 3. The summed E-state index contributed by atoms with van der Waals surface area (Å²) in [6.45, 7) is 0.516. The maximum atomic E-state index is 12.3. The van der Waals surface area contributed by atoms with Crippen LogP contribution in [0.15, 0.2) is 89.8 Å². The molecule has 0 bridgehead atoms. The van der Waals surface area contributed by atoms with Crippen molar-refractivity contribution < 1.29 is 13.2 Å². The van der Waals surface area contributed by atoms with E-state index in [1.54, 1.807) is 24.3 Å². The summed E-state index contributed by atoms with van der Waals surface area (Å²) in [5.41, 5.74) is 2.09. The molecule has 4 heteroatoms. The number of aryl methyl sites for hydroxylation is 1. The van der Waals surface area contributed by atoms with E-state index < -0.39 is 9.84 Å². The van der Waals surface area contributed by atoms with E-state index in [0.29, 0.717) is 17.9 Å². The van der Waals surface area contributed by atoms with E-state index in [2.05, 4.69) is 0 Å². The number of benzene rings is 3. The Morgan fingerprint density at radius 2 is 1.28 bits per heavy atom. The summed E-state index contributed by atoms with van der Waals surface area (Å²) in [7, 11) is -3.25. The molecule has 3 nitrogen and oxygen atoms in total. The third-order valence-electron chi connectivity index (χ3n) is 3.93. The number of ether oxygens (including phenoxy) is 1. The van der Waals surface area contributed by atoms with Crippen molar-refractivity contribution in [3.8, 4) is 5.75 Å². The predicted molar refractivity (Wildman–Crippen MR) is 99.4 cm³/mol. The van der Waals surface area contributed by atoms with Crippen LogP contribution < -0.4 is 4.74 Å². The average molecular weight is 352 g/mol. The third-order valence-corrected chi connectivity index (χ3v) is 5.67. The van der Waals surface area contributed by atoms with Crippen LogP contribution in [0, 0.1) is 0 Å². The Bertz CT molecular complexity index is 887. The number of hydrogen-bond donors (Lipinski definition) is 0. The zero-order valence-corrected chi connectivity index (χ0v) is 14.7. The molecule has 0 atom stereocenters. The summed E-state index contributed by atoms with van der Waals surface area (Å²) in [4.78, 5) is 0.373. The highest BCUT2D eigenvalue weighted by molar-refractivity contribution is 7.91. The van der Waals surface area contributed by atoms with Gasteiger partial charge in [0.1, 0.15) is 12.4 Å². The molecule has 0 spiro atoms. The van der Waals surface area contributed by atoms with Gasteiger partial charge in [-0.3, -0.25) is 0 Å². The predicted octanol–water partition coefficient (Wildman–Crippen LogP) is 4.28. The Morgan fingerprint density at radius 3 is 1.92 bits per heavy atom. The molecule has 0 amide bonds. The van der Waals surface area contributed by atoms with E-state index in [-0.39, 0.29) is 5.75 Å². The molecule has 3 rings (SSSR count). The lowest BCUT2D eigenvalue weighted by molar-refractivity contribution is 0.306. The smallest absolute Gasteiger partial charge is 0.178 e. The van der Waals surface area contributed by atoms with Gasteiger partial charge < -0.3 is 4.74 Å². The van der Waals surface area contributed by atoms with Gasteiger partial charge in [0.05, 0.1) is 10.6 Å². The van der Waals surface area contributed by atoms with Crippen molar-refractivity contribution in [1.82, 2.24) is 0 Å². The van der Waals surface area contributed by atoms with Crippen LogP contribution >= 0.6 is 0 Å². The van der Waals surface area contributed by atoms with E-state index in [1.165, 1.54) is 0 Å². The van der Waals surface area contributed by atoms with Gasteiger partial charge in [-0.1, -0.05) is 60.7 Å². The largest absolute Gasteiger partial charge is 0.489 e. The van der Waals surface area contributed by atoms with Crippen molar-refractivity contribution in [3.05, 3.63) is 96.1 Å². The van der Waals surface area contributed by atoms with Crippen LogP contribution in [0.3, 0.4) is 0 Å². The lowest BCUT2D eigenvalue weighted by Gasteiger charge is -2.08. The maximum absolute atomic E-state index is 12.3. The topological polar surface area (TPSA) is 43.4 Å². The summed E-state index contributed by atoms with van der Waals surface area (Å²) >= 11 is 0. The summed E-state index contributed by atoms with van der Waals surface area (Å²) in [5.74, 6) is 0.875. The molecule has 0 unspecified atom stereocenters. The van der Waals surface area contributed by atoms with Gasteiger partial charge in [0.25, 0.3) is 0 Å². The molecular formula is C21H20O3S. The van der Waals surface area contributed by atoms with Crippen LogP contribution in [0.2, 0.25) is 0 Å². The van der Waals surface area contributed by atoms with Gasteiger partial charge in [-0.05, 0) is 41.8 Å². The van der Waals surface area contributed by atoms with Crippen LogP contribution in [0.1, 0.15) is 11.1 Å². The maximum Gasteiger partial charge on any atom is 0.178 e. The minimum Gasteiger partial charge on any atom is -0.489 e. The van der Waals surface area contributed by atoms with Crippen molar-refractivity contribution >= 4 is 9.84 Å². The molecule has 25 heavy (non-hydrogen) atoms. The molecule has 0 aliphatic carbocycles. The lowest BCUT2D eigenvalue weighted by Crippen LogP contribution is -2.09. The summed E-state index contributed by atoms with van der Waals surface area (Å²) in [5, 5.41) is 0. The van der Waals surface area contributed by atoms with Crippen molar-refractivity contribution in [2.24, 2.45) is 0 Å². The third kappa shape index (κ3) is 4.94. The molecular weight excluding hydrogens is 332 g/mol. The average Bonchev–Trinajstić information content (AvgIpc) is 2.67. The Morgan fingerprint density at radius 1 is 0.680 bits per heavy atom. The molecule has 128 valence electrons. The second kappa shape index (κ2) is 7.99. The van der Waals surface area contributed by atoms with E-state index in [0.717, 1.165) is 16.9 Å². The zero-order chi connectivity index (χ0) is 17.5. The molecule has 0 N–H and O–H groups in total. The molecule has 0 aliphatic rings. The van der Waals surface area contributed by atoms with Gasteiger partial charge >= 0.3 is 0 Å². The van der Waals surface area contributed by atoms with Crippen molar-refractivity contribution in [2.45, 2.75) is 17.9 Å². The Balaban J connectivity index is 1.56. The van der Waals surface area contributed by atoms with Crippen molar-refractivity contribution in [3.63, 3.8) is 0 Å². The zero-order valence-electron chi connectivity index (χ0n) is 13.8. The first-order valence-electron chi connectivity index (χ1n) is 8.17. The highest BCUT2D eigenvalue weighted by Gasteiger charge is 2.13. The molecule has 0 aromatic heterocycles. The van der Waals surface area contributed by atoms with Crippen LogP contribution in [0.5, 0.6) is 5.75 Å². The van der Waals surface area contributed by atoms with Gasteiger partial charge in [0.15, 0.2) is 9.84 Å². The fourth-order valence-electron chi connectivity index (χ4n) is 2.49. The first kappa shape index (κ1) is 17.2. The number of sulfone groups is 1. The fraction of sp³-hybridized carbons (Fsp3) is 0.143. The molecule has 0 heterocycles. The second-order valence-electron chi connectivity index (χ2n) is 5.80. The van der Waals surface area contributed by atoms with Gasteiger partial charge in [-0.15, -0.1) is 0 Å². The summed E-state index contributed by atoms with van der Waals surface area (Å²) in [6, 6.07) is 26.1. The number of rotatable bonds is 7. The Labute approximate surface area is 148 Å². The molecule has 0 fully saturated rings. The summed E-state index contributed by atoms with van der Waals surface area (Å²) in [6.07, 6.45) is 0.482. The van der Waals surface area contributed by atoms with Crippen LogP contribution in [-0.2, 0) is 22.9 Å². The highest BCUT2D eigenvalue weighted by atomic mass is 32.2. The molecule has 0 radical (unpaired) electrons. The monoisotopic (exact) mass is 352 g/mol. The van der Waals surface area contributed by atoms with Gasteiger partial charge in [-0.2, -0.15) is 0 Å². The Kier molecular flexibility index (Phi) is 5.51. The fourth-order valence-corrected chi connectivity index (χ4v) is 3.80. The minimum absolute atomic E-state index is 0.0984. The van der Waals surface area contributed by atoms with Crippen LogP contribution in [-0.4, -0.2) is 14.2 Å². The first-order chi connectivity index (χ1) is 12.1. The molecule has 3 aromatic rings. The van der Waals surface area contributed by atoms with E-state index in [9.17, 15) is 8.42 Å². The quantitative estimate of drug-likeness (QED) is 0.637. The highest BCUT2D eigenvalue weighted by Crippen LogP contribution is 2.17. The van der Waals surface area contributed by atoms with Gasteiger partial charge in [-0.25, -0.2) is 8.42 Å². The second-order valence-corrected chi connectivity index (χ2v) is 7.91. The summed E-state index contributed by atoms with van der Waals surface area (Å²) < 4.78 is 30.4. The molecule has 3 aromatic carbocycles. The van der Waals surface area contributed by atoms with Gasteiger partial charge in [0, 0.05) is 0 Å².